The van der Waals surface area contributed by atoms with Crippen molar-refractivity contribution in [2.45, 2.75) is 38.8 Å². The van der Waals surface area contributed by atoms with Gasteiger partial charge in [0.2, 0.25) is 5.91 Å². The Morgan fingerprint density at radius 1 is 1.00 bits per heavy atom. The normalized spacial score (nSPS) is 15.5. The summed E-state index contributed by atoms with van der Waals surface area (Å²) in [4.78, 5) is 67.0. The Kier molecular flexibility index (Phi) is 8.95. The summed E-state index contributed by atoms with van der Waals surface area (Å²) in [7, 11) is 0. The average molecular weight is 612 g/mol. The van der Waals surface area contributed by atoms with Crippen LogP contribution in [-0.4, -0.2) is 68.1 Å². The van der Waals surface area contributed by atoms with Gasteiger partial charge in [-0.05, 0) is 42.9 Å². The van der Waals surface area contributed by atoms with Gasteiger partial charge >= 0.3 is 17.7 Å². The maximum absolute atomic E-state index is 14.2. The van der Waals surface area contributed by atoms with Gasteiger partial charge in [0.15, 0.2) is 0 Å². The van der Waals surface area contributed by atoms with Crippen molar-refractivity contribution in [3.8, 4) is 11.1 Å². The van der Waals surface area contributed by atoms with Gasteiger partial charge in [0.05, 0.1) is 17.0 Å². The van der Waals surface area contributed by atoms with Gasteiger partial charge in [0.25, 0.3) is 5.56 Å². The van der Waals surface area contributed by atoms with E-state index in [4.69, 9.17) is 16.7 Å². The molecule has 0 aliphatic carbocycles. The number of para-hydroxylation sites is 1. The van der Waals surface area contributed by atoms with Gasteiger partial charge in [-0.1, -0.05) is 41.9 Å². The number of likely N-dealkylation sites (tertiary alicyclic amines) is 1. The number of urea groups is 1. The number of carbonyl (C=O) groups excluding carboxylic acids is 2. The lowest BCUT2D eigenvalue weighted by Gasteiger charge is -2.34. The van der Waals surface area contributed by atoms with Crippen LogP contribution in [-0.2, 0) is 29.1 Å². The Labute approximate surface area is 251 Å². The number of aromatic nitrogens is 2. The summed E-state index contributed by atoms with van der Waals surface area (Å²) in [6, 6.07) is 11.5. The van der Waals surface area contributed by atoms with Gasteiger partial charge in [-0.3, -0.25) is 23.5 Å². The number of amides is 3. The molecule has 13 heteroatoms. The molecule has 2 aromatic carbocycles. The van der Waals surface area contributed by atoms with Crippen LogP contribution in [0.2, 0.25) is 5.02 Å². The smallest absolute Gasteiger partial charge is 0.331 e. The number of nitrogens with zero attached hydrogens (tertiary/aromatic N) is 4. The molecule has 1 fully saturated rings. The van der Waals surface area contributed by atoms with Gasteiger partial charge < -0.3 is 20.2 Å². The molecule has 11 nitrogen and oxygen atoms in total. The fraction of sp³-hybridized carbons (Fsp3) is 0.367. The first-order valence-corrected chi connectivity index (χ1v) is 14.4. The number of carboxylic acid groups (broad SMARTS) is 1. The van der Waals surface area contributed by atoms with Crippen molar-refractivity contribution < 1.29 is 23.9 Å². The summed E-state index contributed by atoms with van der Waals surface area (Å²) < 4.78 is 16.0. The van der Waals surface area contributed by atoms with E-state index >= 15 is 0 Å². The van der Waals surface area contributed by atoms with Crippen LogP contribution in [0.15, 0.2) is 58.3 Å². The molecule has 1 saturated heterocycles. The topological polar surface area (TPSA) is 134 Å². The summed E-state index contributed by atoms with van der Waals surface area (Å²) in [5.74, 6) is -2.15. The summed E-state index contributed by atoms with van der Waals surface area (Å²) in [6.45, 7) is 1.18. The molecule has 3 heterocycles. The fourth-order valence-electron chi connectivity index (χ4n) is 5.58. The van der Waals surface area contributed by atoms with Crippen LogP contribution >= 0.6 is 11.6 Å². The third-order valence-electron chi connectivity index (χ3n) is 7.98. The van der Waals surface area contributed by atoms with E-state index in [1.807, 2.05) is 24.3 Å². The number of carbonyl (C=O) groups is 3. The highest BCUT2D eigenvalue weighted by Crippen LogP contribution is 2.28. The molecule has 0 atom stereocenters. The van der Waals surface area contributed by atoms with Gasteiger partial charge in [0, 0.05) is 50.2 Å². The van der Waals surface area contributed by atoms with E-state index in [2.05, 4.69) is 5.32 Å². The van der Waals surface area contributed by atoms with Crippen molar-refractivity contribution in [2.75, 3.05) is 31.5 Å². The lowest BCUT2D eigenvalue weighted by molar-refractivity contribution is -0.137. The summed E-state index contributed by atoms with van der Waals surface area (Å²) in [6.07, 6.45) is 2.75. The molecule has 2 aliphatic heterocycles. The van der Waals surface area contributed by atoms with Crippen LogP contribution in [0.4, 0.5) is 14.9 Å². The van der Waals surface area contributed by atoms with Crippen LogP contribution < -0.4 is 16.6 Å². The van der Waals surface area contributed by atoms with Crippen molar-refractivity contribution in [2.24, 2.45) is 5.92 Å². The summed E-state index contributed by atoms with van der Waals surface area (Å²) in [5, 5.41) is 11.8. The standard InChI is InChI=1S/C30H31ClFN5O6/c31-27-21(5-3-6-23(27)32)22-17-36(30(43)37(28(22)41)15-11-26(39)40)18-25(38)34-12-8-19(9-13-34)16-35-14-10-20-4-1-2-7-24(20)33-29(35)42/h1-7,17,19H,8-16,18H2,(H,33,42)(H,39,40). The van der Waals surface area contributed by atoms with E-state index in [-0.39, 0.29) is 34.0 Å². The first-order valence-electron chi connectivity index (χ1n) is 14.0. The zero-order valence-corrected chi connectivity index (χ0v) is 24.1. The van der Waals surface area contributed by atoms with E-state index in [9.17, 15) is 28.4 Å². The molecule has 3 aromatic rings. The quantitative estimate of drug-likeness (QED) is 0.402. The predicted molar refractivity (Wildman–Crippen MR) is 158 cm³/mol. The van der Waals surface area contributed by atoms with E-state index in [1.165, 1.54) is 18.3 Å². The Morgan fingerprint density at radius 2 is 1.74 bits per heavy atom. The number of aliphatic carboxylic acids is 1. The van der Waals surface area contributed by atoms with E-state index in [1.54, 1.807) is 9.80 Å². The lowest BCUT2D eigenvalue weighted by atomic mass is 9.96. The lowest BCUT2D eigenvalue weighted by Crippen LogP contribution is -2.47. The van der Waals surface area contributed by atoms with Crippen LogP contribution in [0.3, 0.4) is 0 Å². The van der Waals surface area contributed by atoms with Crippen molar-refractivity contribution in [1.82, 2.24) is 18.9 Å². The van der Waals surface area contributed by atoms with E-state index in [0.29, 0.717) is 39.0 Å². The number of benzene rings is 2. The minimum absolute atomic E-state index is 0.0263. The monoisotopic (exact) mass is 611 g/mol. The average Bonchev–Trinajstić information content (AvgIpc) is 3.14. The molecule has 0 bridgehead atoms. The van der Waals surface area contributed by atoms with Crippen LogP contribution in [0.5, 0.6) is 0 Å². The molecule has 0 radical (unpaired) electrons. The fourth-order valence-corrected chi connectivity index (χ4v) is 5.80. The number of carboxylic acids is 1. The van der Waals surface area contributed by atoms with Crippen LogP contribution in [0, 0.1) is 11.7 Å². The highest BCUT2D eigenvalue weighted by atomic mass is 35.5. The molecule has 1 aromatic heterocycles. The molecule has 2 N–H and O–H groups in total. The minimum atomic E-state index is -1.21. The number of halogens is 2. The Morgan fingerprint density at radius 3 is 2.49 bits per heavy atom. The Balaban J connectivity index is 1.28. The molecular weight excluding hydrogens is 581 g/mol. The number of hydrogen-bond acceptors (Lipinski definition) is 5. The maximum atomic E-state index is 14.2. The molecular formula is C30H31ClFN5O6. The molecule has 0 unspecified atom stereocenters. The van der Waals surface area contributed by atoms with Crippen molar-refractivity contribution in [3.63, 3.8) is 0 Å². The van der Waals surface area contributed by atoms with E-state index < -0.39 is 42.5 Å². The van der Waals surface area contributed by atoms with Gasteiger partial charge in [-0.25, -0.2) is 14.0 Å². The van der Waals surface area contributed by atoms with Crippen molar-refractivity contribution >= 4 is 35.2 Å². The van der Waals surface area contributed by atoms with Gasteiger partial charge in [-0.15, -0.1) is 0 Å². The van der Waals surface area contributed by atoms with Crippen LogP contribution in [0.1, 0.15) is 24.8 Å². The molecule has 0 saturated carbocycles. The highest BCUT2D eigenvalue weighted by molar-refractivity contribution is 6.33. The third kappa shape index (κ3) is 6.64. The van der Waals surface area contributed by atoms with Crippen molar-refractivity contribution in [3.05, 3.63) is 85.9 Å². The molecule has 226 valence electrons. The first kappa shape index (κ1) is 30.0. The zero-order valence-electron chi connectivity index (χ0n) is 23.3. The number of hydrogen-bond donors (Lipinski definition) is 2. The number of nitrogens with one attached hydrogen (secondary N) is 1. The first-order chi connectivity index (χ1) is 20.6. The molecule has 0 spiro atoms. The van der Waals surface area contributed by atoms with Crippen LogP contribution in [0.25, 0.3) is 11.1 Å². The predicted octanol–water partition coefficient (Wildman–Crippen LogP) is 3.27. The molecule has 43 heavy (non-hydrogen) atoms. The third-order valence-corrected chi connectivity index (χ3v) is 8.36. The van der Waals surface area contributed by atoms with Crippen molar-refractivity contribution in [1.29, 1.82) is 0 Å². The second kappa shape index (κ2) is 12.8. The Hall–Kier alpha value is -4.45. The maximum Gasteiger partial charge on any atom is 0.331 e. The second-order valence-electron chi connectivity index (χ2n) is 10.8. The number of rotatable bonds is 8. The zero-order chi connectivity index (χ0) is 30.7. The molecule has 5 rings (SSSR count). The summed E-state index contributed by atoms with van der Waals surface area (Å²) >= 11 is 6.12. The number of fused-ring (bicyclic) bond motifs is 1. The van der Waals surface area contributed by atoms with Gasteiger partial charge in [-0.2, -0.15) is 0 Å². The Bertz CT molecular complexity index is 1680. The largest absolute Gasteiger partial charge is 0.481 e. The second-order valence-corrected chi connectivity index (χ2v) is 11.1. The summed E-state index contributed by atoms with van der Waals surface area (Å²) in [5.41, 5.74) is 0.133. The number of piperidine rings is 1. The highest BCUT2D eigenvalue weighted by Gasteiger charge is 2.28. The molecule has 2 aliphatic rings. The SMILES string of the molecule is O=C(O)CCn1c(=O)c(-c2cccc(F)c2Cl)cn(CC(=O)N2CCC(CN3CCc4ccccc4NC3=O)CC2)c1=O. The molecule has 3 amide bonds. The minimum Gasteiger partial charge on any atom is -0.481 e. The van der Waals surface area contributed by atoms with E-state index in [0.717, 1.165) is 32.9 Å². The van der Waals surface area contributed by atoms with Gasteiger partial charge in [0.1, 0.15) is 12.4 Å². The number of anilines is 1.